The first-order valence-corrected chi connectivity index (χ1v) is 6.32. The fraction of sp³-hybridized carbons (Fsp3) is 0.267. The number of aromatic amines is 1. The van der Waals surface area contributed by atoms with Crippen molar-refractivity contribution in [1.82, 2.24) is 10.3 Å². The molecule has 0 atom stereocenters. The summed E-state index contributed by atoms with van der Waals surface area (Å²) in [5, 5.41) is 2.83. The van der Waals surface area contributed by atoms with Gasteiger partial charge in [-0.1, -0.05) is 18.2 Å². The van der Waals surface area contributed by atoms with Crippen LogP contribution < -0.4 is 10.1 Å². The molecule has 1 heterocycles. The van der Waals surface area contributed by atoms with Crippen LogP contribution in [-0.2, 0) is 11.2 Å². The van der Waals surface area contributed by atoms with Gasteiger partial charge in [0.1, 0.15) is 5.75 Å². The maximum absolute atomic E-state index is 11.6. The highest BCUT2D eigenvalue weighted by Gasteiger charge is 2.04. The lowest BCUT2D eigenvalue weighted by atomic mass is 10.2. The normalized spacial score (nSPS) is 10.2. The highest BCUT2D eigenvalue weighted by atomic mass is 16.5. The van der Waals surface area contributed by atoms with Crippen LogP contribution in [0.3, 0.4) is 0 Å². The number of rotatable bonds is 6. The van der Waals surface area contributed by atoms with Crippen molar-refractivity contribution in [1.29, 1.82) is 0 Å². The second kappa shape index (κ2) is 6.64. The number of benzene rings is 1. The van der Waals surface area contributed by atoms with Gasteiger partial charge in [0.05, 0.1) is 0 Å². The summed E-state index contributed by atoms with van der Waals surface area (Å²) in [6.07, 6.45) is 4.62. The Labute approximate surface area is 112 Å². The van der Waals surface area contributed by atoms with E-state index in [1.54, 1.807) is 0 Å². The lowest BCUT2D eigenvalue weighted by Crippen LogP contribution is -2.30. The summed E-state index contributed by atoms with van der Waals surface area (Å²) in [4.78, 5) is 14.6. The molecule has 1 amide bonds. The second-order valence-electron chi connectivity index (χ2n) is 4.37. The minimum absolute atomic E-state index is 0.0536. The van der Waals surface area contributed by atoms with Crippen LogP contribution >= 0.6 is 0 Å². The SMILES string of the molecule is Cc1ccccc1OCC(=O)NCCc1cc[nH]c1. The molecule has 4 nitrogen and oxygen atoms in total. The van der Waals surface area contributed by atoms with Crippen LogP contribution in [0.4, 0.5) is 0 Å². The molecule has 0 aliphatic rings. The van der Waals surface area contributed by atoms with Gasteiger partial charge in [-0.2, -0.15) is 0 Å². The third-order valence-corrected chi connectivity index (χ3v) is 2.85. The van der Waals surface area contributed by atoms with Crippen molar-refractivity contribution in [2.45, 2.75) is 13.3 Å². The number of carbonyl (C=O) groups is 1. The fourth-order valence-corrected chi connectivity index (χ4v) is 1.77. The van der Waals surface area contributed by atoms with E-state index in [0.717, 1.165) is 17.7 Å². The Morgan fingerprint density at radius 1 is 1.32 bits per heavy atom. The van der Waals surface area contributed by atoms with Gasteiger partial charge in [0.15, 0.2) is 6.61 Å². The molecule has 0 aliphatic heterocycles. The number of H-pyrrole nitrogens is 1. The lowest BCUT2D eigenvalue weighted by Gasteiger charge is -2.09. The van der Waals surface area contributed by atoms with Crippen LogP contribution in [0.2, 0.25) is 0 Å². The van der Waals surface area contributed by atoms with Crippen LogP contribution in [0.25, 0.3) is 0 Å². The topological polar surface area (TPSA) is 54.1 Å². The molecular weight excluding hydrogens is 240 g/mol. The maximum Gasteiger partial charge on any atom is 0.257 e. The first kappa shape index (κ1) is 13.2. The van der Waals surface area contributed by atoms with Crippen LogP contribution in [-0.4, -0.2) is 24.0 Å². The van der Waals surface area contributed by atoms with Crippen molar-refractivity contribution in [3.63, 3.8) is 0 Å². The molecule has 4 heteroatoms. The largest absolute Gasteiger partial charge is 0.484 e. The molecule has 0 spiro atoms. The van der Waals surface area contributed by atoms with E-state index in [2.05, 4.69) is 10.3 Å². The summed E-state index contributed by atoms with van der Waals surface area (Å²) in [5.41, 5.74) is 2.21. The third-order valence-electron chi connectivity index (χ3n) is 2.85. The quantitative estimate of drug-likeness (QED) is 0.833. The van der Waals surface area contributed by atoms with Crippen molar-refractivity contribution in [3.05, 3.63) is 53.9 Å². The number of nitrogens with one attached hydrogen (secondary N) is 2. The predicted molar refractivity (Wildman–Crippen MR) is 74.2 cm³/mol. The zero-order chi connectivity index (χ0) is 13.5. The zero-order valence-corrected chi connectivity index (χ0v) is 11.0. The number of hydrogen-bond donors (Lipinski definition) is 2. The summed E-state index contributed by atoms with van der Waals surface area (Å²) < 4.78 is 5.47. The summed E-state index contributed by atoms with van der Waals surface area (Å²) in [6.45, 7) is 2.63. The number of aromatic nitrogens is 1. The molecule has 1 aromatic heterocycles. The Morgan fingerprint density at radius 2 is 2.16 bits per heavy atom. The van der Waals surface area contributed by atoms with Gasteiger partial charge in [-0.05, 0) is 36.6 Å². The van der Waals surface area contributed by atoms with Gasteiger partial charge < -0.3 is 15.0 Å². The van der Waals surface area contributed by atoms with Crippen LogP contribution in [0.5, 0.6) is 5.75 Å². The highest BCUT2D eigenvalue weighted by Crippen LogP contribution is 2.15. The van der Waals surface area contributed by atoms with Crippen molar-refractivity contribution in [2.75, 3.05) is 13.2 Å². The summed E-state index contributed by atoms with van der Waals surface area (Å²) in [5.74, 6) is 0.655. The van der Waals surface area contributed by atoms with E-state index in [4.69, 9.17) is 4.74 Å². The predicted octanol–water partition coefficient (Wildman–Crippen LogP) is 2.06. The molecular formula is C15H18N2O2. The van der Waals surface area contributed by atoms with Gasteiger partial charge in [0.25, 0.3) is 5.91 Å². The molecule has 0 radical (unpaired) electrons. The number of hydrogen-bond acceptors (Lipinski definition) is 2. The number of aryl methyl sites for hydroxylation is 1. The standard InChI is InChI=1S/C15H18N2O2/c1-12-4-2-3-5-14(12)19-11-15(18)17-9-7-13-6-8-16-10-13/h2-6,8,10,16H,7,9,11H2,1H3,(H,17,18). The zero-order valence-electron chi connectivity index (χ0n) is 11.0. The van der Waals surface area contributed by atoms with E-state index in [0.29, 0.717) is 6.54 Å². The van der Waals surface area contributed by atoms with Gasteiger partial charge in [-0.15, -0.1) is 0 Å². The first-order valence-electron chi connectivity index (χ1n) is 6.32. The lowest BCUT2D eigenvalue weighted by molar-refractivity contribution is -0.123. The Hall–Kier alpha value is -2.23. The van der Waals surface area contributed by atoms with Gasteiger partial charge in [0, 0.05) is 18.9 Å². The molecule has 0 saturated heterocycles. The Bertz CT molecular complexity index is 521. The molecule has 2 aromatic rings. The molecule has 0 saturated carbocycles. The van der Waals surface area contributed by atoms with E-state index in [1.807, 2.05) is 49.6 Å². The smallest absolute Gasteiger partial charge is 0.257 e. The van der Waals surface area contributed by atoms with E-state index in [9.17, 15) is 4.79 Å². The Kier molecular flexibility index (Phi) is 4.61. The first-order chi connectivity index (χ1) is 9.25. The summed E-state index contributed by atoms with van der Waals surface area (Å²) in [7, 11) is 0. The Morgan fingerprint density at radius 3 is 2.89 bits per heavy atom. The van der Waals surface area contributed by atoms with Gasteiger partial charge in [-0.3, -0.25) is 4.79 Å². The van der Waals surface area contributed by atoms with E-state index in [1.165, 1.54) is 5.56 Å². The molecule has 100 valence electrons. The number of ether oxygens (including phenoxy) is 1. The van der Waals surface area contributed by atoms with Crippen molar-refractivity contribution < 1.29 is 9.53 Å². The minimum atomic E-state index is -0.0983. The highest BCUT2D eigenvalue weighted by molar-refractivity contribution is 5.77. The van der Waals surface area contributed by atoms with E-state index in [-0.39, 0.29) is 12.5 Å². The molecule has 0 unspecified atom stereocenters. The Balaban J connectivity index is 1.69. The molecule has 19 heavy (non-hydrogen) atoms. The second-order valence-corrected chi connectivity index (χ2v) is 4.37. The summed E-state index contributed by atoms with van der Waals surface area (Å²) in [6, 6.07) is 9.66. The number of amides is 1. The molecule has 2 N–H and O–H groups in total. The average molecular weight is 258 g/mol. The van der Waals surface area contributed by atoms with Crippen LogP contribution in [0.1, 0.15) is 11.1 Å². The third kappa shape index (κ3) is 4.17. The van der Waals surface area contributed by atoms with Crippen molar-refractivity contribution in [2.24, 2.45) is 0 Å². The molecule has 0 aliphatic carbocycles. The fourth-order valence-electron chi connectivity index (χ4n) is 1.77. The number of para-hydroxylation sites is 1. The van der Waals surface area contributed by atoms with E-state index < -0.39 is 0 Å². The van der Waals surface area contributed by atoms with Crippen LogP contribution in [0.15, 0.2) is 42.7 Å². The van der Waals surface area contributed by atoms with Gasteiger partial charge in [0.2, 0.25) is 0 Å². The summed E-state index contributed by atoms with van der Waals surface area (Å²) >= 11 is 0. The van der Waals surface area contributed by atoms with Crippen LogP contribution in [0, 0.1) is 6.92 Å². The minimum Gasteiger partial charge on any atom is -0.484 e. The van der Waals surface area contributed by atoms with Crippen molar-refractivity contribution in [3.8, 4) is 5.75 Å². The average Bonchev–Trinajstić information content (AvgIpc) is 2.91. The molecule has 0 bridgehead atoms. The maximum atomic E-state index is 11.6. The van der Waals surface area contributed by atoms with Gasteiger partial charge >= 0.3 is 0 Å². The molecule has 2 rings (SSSR count). The molecule has 0 fully saturated rings. The van der Waals surface area contributed by atoms with E-state index >= 15 is 0 Å². The van der Waals surface area contributed by atoms with Crippen molar-refractivity contribution >= 4 is 5.91 Å². The monoisotopic (exact) mass is 258 g/mol. The van der Waals surface area contributed by atoms with Gasteiger partial charge in [-0.25, -0.2) is 0 Å². The molecule has 1 aromatic carbocycles. The number of carbonyl (C=O) groups excluding carboxylic acids is 1.